The quantitative estimate of drug-likeness (QED) is 0.748. The summed E-state index contributed by atoms with van der Waals surface area (Å²) in [5.41, 5.74) is 0.701. The van der Waals surface area contributed by atoms with E-state index in [0.29, 0.717) is 25.8 Å². The second-order valence-electron chi connectivity index (χ2n) is 6.29. The second kappa shape index (κ2) is 6.95. The Labute approximate surface area is 136 Å². The Morgan fingerprint density at radius 2 is 2.26 bits per heavy atom. The van der Waals surface area contributed by atoms with Gasteiger partial charge >= 0.3 is 0 Å². The normalized spacial score (nSPS) is 17.3. The van der Waals surface area contributed by atoms with Crippen molar-refractivity contribution in [2.75, 3.05) is 6.54 Å². The lowest BCUT2D eigenvalue weighted by Crippen LogP contribution is -2.27. The van der Waals surface area contributed by atoms with E-state index in [1.807, 2.05) is 0 Å². The van der Waals surface area contributed by atoms with Crippen molar-refractivity contribution < 1.29 is 4.79 Å². The van der Waals surface area contributed by atoms with Gasteiger partial charge in [-0.05, 0) is 12.8 Å². The van der Waals surface area contributed by atoms with E-state index < -0.39 is 0 Å². The molecule has 3 rings (SSSR count). The van der Waals surface area contributed by atoms with E-state index in [1.165, 1.54) is 18.7 Å². The lowest BCUT2D eigenvalue weighted by atomic mass is 10.0. The Balaban J connectivity index is 1.35. The molecule has 0 radical (unpaired) electrons. The number of terminal acetylenes is 1. The zero-order valence-electron chi connectivity index (χ0n) is 13.4. The molecule has 23 heavy (non-hydrogen) atoms. The molecule has 2 aliphatic rings. The lowest BCUT2D eigenvalue weighted by Gasteiger charge is -2.11. The maximum Gasteiger partial charge on any atom is 0.220 e. The van der Waals surface area contributed by atoms with Crippen LogP contribution in [0.15, 0.2) is 16.4 Å². The van der Waals surface area contributed by atoms with Gasteiger partial charge in [0.15, 0.2) is 5.66 Å². The predicted octanol–water partition coefficient (Wildman–Crippen LogP) is 2.23. The van der Waals surface area contributed by atoms with Gasteiger partial charge < -0.3 is 9.88 Å². The maximum absolute atomic E-state index is 11.9. The van der Waals surface area contributed by atoms with E-state index in [2.05, 4.69) is 37.2 Å². The number of aromatic nitrogens is 2. The molecule has 2 aliphatic heterocycles. The minimum Gasteiger partial charge on any atom is -0.356 e. The van der Waals surface area contributed by atoms with E-state index in [4.69, 9.17) is 6.42 Å². The third-order valence-corrected chi connectivity index (χ3v) is 4.47. The first-order chi connectivity index (χ1) is 11.2. The number of carbonyl (C=O) groups excluding carboxylic acids is 1. The molecule has 0 saturated carbocycles. The van der Waals surface area contributed by atoms with Gasteiger partial charge in [0.05, 0.1) is 5.69 Å². The molecule has 0 spiro atoms. The molecule has 1 amide bonds. The molecule has 0 bridgehead atoms. The highest BCUT2D eigenvalue weighted by atomic mass is 16.1. The maximum atomic E-state index is 11.9. The molecule has 1 aromatic heterocycles. The fourth-order valence-corrected chi connectivity index (χ4v) is 2.99. The van der Waals surface area contributed by atoms with Crippen LogP contribution in [0.1, 0.15) is 50.0 Å². The van der Waals surface area contributed by atoms with Crippen LogP contribution < -0.4 is 5.32 Å². The summed E-state index contributed by atoms with van der Waals surface area (Å²) in [5, 5.41) is 11.0. The van der Waals surface area contributed by atoms with Crippen molar-refractivity contribution >= 4 is 5.91 Å². The van der Waals surface area contributed by atoms with Crippen molar-refractivity contribution in [1.82, 2.24) is 14.9 Å². The van der Waals surface area contributed by atoms with Gasteiger partial charge in [0.2, 0.25) is 5.91 Å². The molecular weight excluding hydrogens is 290 g/mol. The summed E-state index contributed by atoms with van der Waals surface area (Å²) in [6, 6.07) is 0. The average Bonchev–Trinajstić information content (AvgIpc) is 3.21. The van der Waals surface area contributed by atoms with Crippen LogP contribution in [0, 0.1) is 12.3 Å². The van der Waals surface area contributed by atoms with Crippen LogP contribution in [0.5, 0.6) is 0 Å². The Morgan fingerprint density at radius 1 is 1.39 bits per heavy atom. The van der Waals surface area contributed by atoms with Gasteiger partial charge in [-0.15, -0.1) is 12.3 Å². The van der Waals surface area contributed by atoms with Crippen LogP contribution in [0.25, 0.3) is 0 Å². The second-order valence-corrected chi connectivity index (χ2v) is 6.29. The third kappa shape index (κ3) is 4.19. The highest BCUT2D eigenvalue weighted by Crippen LogP contribution is 2.37. The summed E-state index contributed by atoms with van der Waals surface area (Å²) < 4.78 is 2.24. The molecule has 0 fully saturated rings. The van der Waals surface area contributed by atoms with Gasteiger partial charge in [0.25, 0.3) is 0 Å². The summed E-state index contributed by atoms with van der Waals surface area (Å²) in [7, 11) is 0. The fraction of sp³-hybridized carbons (Fsp3) is 0.647. The van der Waals surface area contributed by atoms with E-state index in [1.54, 1.807) is 0 Å². The summed E-state index contributed by atoms with van der Waals surface area (Å²) in [5.74, 6) is 3.83. The Morgan fingerprint density at radius 3 is 3.00 bits per heavy atom. The van der Waals surface area contributed by atoms with Crippen LogP contribution in [0.3, 0.4) is 0 Å². The van der Waals surface area contributed by atoms with Crippen molar-refractivity contribution in [2.24, 2.45) is 10.2 Å². The number of carbonyl (C=O) groups is 1. The van der Waals surface area contributed by atoms with Crippen molar-refractivity contribution in [3.05, 3.63) is 17.7 Å². The highest BCUT2D eigenvalue weighted by molar-refractivity contribution is 5.76. The molecule has 0 atom stereocenters. The molecule has 1 aromatic rings. The molecule has 6 nitrogen and oxygen atoms in total. The van der Waals surface area contributed by atoms with Gasteiger partial charge in [0.1, 0.15) is 5.82 Å². The van der Waals surface area contributed by atoms with Crippen molar-refractivity contribution in [3.63, 3.8) is 0 Å². The minimum absolute atomic E-state index is 0.0476. The first-order valence-electron chi connectivity index (χ1n) is 8.40. The molecule has 0 aliphatic carbocycles. The number of hydrogen-bond donors (Lipinski definition) is 1. The van der Waals surface area contributed by atoms with E-state index in [9.17, 15) is 4.79 Å². The largest absolute Gasteiger partial charge is 0.356 e. The number of nitrogens with zero attached hydrogens (tertiary/aromatic N) is 4. The zero-order valence-corrected chi connectivity index (χ0v) is 13.4. The third-order valence-electron chi connectivity index (χ3n) is 4.47. The number of hydrogen-bond acceptors (Lipinski definition) is 4. The molecule has 0 aromatic carbocycles. The Hall–Kier alpha value is -2.16. The van der Waals surface area contributed by atoms with Crippen molar-refractivity contribution in [3.8, 4) is 12.3 Å². The van der Waals surface area contributed by atoms with Gasteiger partial charge in [-0.25, -0.2) is 4.98 Å². The zero-order chi connectivity index (χ0) is 16.1. The first-order valence-corrected chi connectivity index (χ1v) is 8.40. The Kier molecular flexibility index (Phi) is 4.75. The van der Waals surface area contributed by atoms with Gasteiger partial charge in [-0.2, -0.15) is 10.2 Å². The summed E-state index contributed by atoms with van der Waals surface area (Å²) in [6.45, 7) is 1.70. The van der Waals surface area contributed by atoms with Crippen LogP contribution in [-0.4, -0.2) is 27.7 Å². The molecule has 6 heteroatoms. The SMILES string of the molecule is C#CCCC1(CCC(=O)NCCc2cn3c(n2)CCCC3)N=N1. The molecule has 1 N–H and O–H groups in total. The predicted molar refractivity (Wildman–Crippen MR) is 86.8 cm³/mol. The smallest absolute Gasteiger partial charge is 0.220 e. The van der Waals surface area contributed by atoms with Crippen molar-refractivity contribution in [2.45, 2.75) is 63.6 Å². The summed E-state index contributed by atoms with van der Waals surface area (Å²) in [4.78, 5) is 16.6. The number of imidazole rings is 1. The Bertz CT molecular complexity index is 610. The van der Waals surface area contributed by atoms with Crippen LogP contribution in [0.4, 0.5) is 0 Å². The van der Waals surface area contributed by atoms with Gasteiger partial charge in [-0.1, -0.05) is 0 Å². The van der Waals surface area contributed by atoms with E-state index >= 15 is 0 Å². The van der Waals surface area contributed by atoms with E-state index in [-0.39, 0.29) is 11.6 Å². The number of amides is 1. The van der Waals surface area contributed by atoms with Crippen molar-refractivity contribution in [1.29, 1.82) is 0 Å². The molecular formula is C17H23N5O. The van der Waals surface area contributed by atoms with E-state index in [0.717, 1.165) is 31.5 Å². The monoisotopic (exact) mass is 313 g/mol. The standard InChI is InChI=1S/C17H23N5O/c1-2-3-9-17(20-21-17)10-7-16(23)18-11-8-14-13-22-12-5-4-6-15(22)19-14/h1,13H,3-12H2,(H,18,23). The fourth-order valence-electron chi connectivity index (χ4n) is 2.99. The number of aryl methyl sites for hydroxylation is 2. The summed E-state index contributed by atoms with van der Waals surface area (Å²) in [6.07, 6.45) is 14.2. The molecule has 122 valence electrons. The topological polar surface area (TPSA) is 71.6 Å². The van der Waals surface area contributed by atoms with Gasteiger partial charge in [-0.3, -0.25) is 4.79 Å². The molecule has 3 heterocycles. The van der Waals surface area contributed by atoms with Gasteiger partial charge in [0, 0.05) is 57.8 Å². The molecule has 0 unspecified atom stereocenters. The molecule has 0 saturated heterocycles. The average molecular weight is 313 g/mol. The van der Waals surface area contributed by atoms with Crippen LogP contribution >= 0.6 is 0 Å². The summed E-state index contributed by atoms with van der Waals surface area (Å²) >= 11 is 0. The van der Waals surface area contributed by atoms with Crippen LogP contribution in [0.2, 0.25) is 0 Å². The minimum atomic E-state index is -0.368. The lowest BCUT2D eigenvalue weighted by molar-refractivity contribution is -0.121. The number of fused-ring (bicyclic) bond motifs is 1. The first kappa shape index (κ1) is 15.7. The highest BCUT2D eigenvalue weighted by Gasteiger charge is 2.39. The number of nitrogens with one attached hydrogen (secondary N) is 1. The van der Waals surface area contributed by atoms with Crippen LogP contribution in [-0.2, 0) is 24.2 Å². The number of rotatable bonds is 8.